The van der Waals surface area contributed by atoms with Gasteiger partial charge in [0.2, 0.25) is 0 Å². The minimum Gasteiger partial charge on any atom is -0.493 e. The third-order valence-corrected chi connectivity index (χ3v) is 4.80. The van der Waals surface area contributed by atoms with Crippen molar-refractivity contribution in [1.29, 1.82) is 0 Å². The molecule has 1 aromatic heterocycles. The van der Waals surface area contributed by atoms with Crippen molar-refractivity contribution in [3.63, 3.8) is 0 Å². The molecule has 0 saturated carbocycles. The van der Waals surface area contributed by atoms with Crippen LogP contribution in [0.15, 0.2) is 27.7 Å². The van der Waals surface area contributed by atoms with Crippen LogP contribution in [0.1, 0.15) is 47.9 Å². The van der Waals surface area contributed by atoms with E-state index in [2.05, 4.69) is 47.8 Å². The van der Waals surface area contributed by atoms with Gasteiger partial charge in [-0.2, -0.15) is 0 Å². The van der Waals surface area contributed by atoms with Gasteiger partial charge in [0.1, 0.15) is 11.5 Å². The van der Waals surface area contributed by atoms with Gasteiger partial charge in [-0.1, -0.05) is 17.3 Å². The fourth-order valence-electron chi connectivity index (χ4n) is 3.15. The fraction of sp³-hybridized carbons (Fsp3) is 0.565. The van der Waals surface area contributed by atoms with E-state index in [-0.39, 0.29) is 24.0 Å². The molecule has 1 heterocycles. The average Bonchev–Trinajstić information content (AvgIpc) is 3.05. The van der Waals surface area contributed by atoms with E-state index in [1.165, 1.54) is 11.1 Å². The summed E-state index contributed by atoms with van der Waals surface area (Å²) in [7, 11) is 1.70. The highest BCUT2D eigenvalue weighted by Crippen LogP contribution is 2.21. The van der Waals surface area contributed by atoms with Crippen molar-refractivity contribution in [2.24, 2.45) is 4.99 Å². The lowest BCUT2D eigenvalue weighted by molar-refractivity contribution is 0.172. The summed E-state index contributed by atoms with van der Waals surface area (Å²) in [4.78, 5) is 4.75. The van der Waals surface area contributed by atoms with Crippen LogP contribution in [-0.2, 0) is 17.7 Å². The van der Waals surface area contributed by atoms with Crippen molar-refractivity contribution in [3.05, 3.63) is 46.3 Å². The summed E-state index contributed by atoms with van der Waals surface area (Å²) in [5.74, 6) is 2.61. The van der Waals surface area contributed by atoms with E-state index in [1.54, 1.807) is 7.11 Å². The summed E-state index contributed by atoms with van der Waals surface area (Å²) >= 11 is 0. The number of halogens is 1. The second-order valence-electron chi connectivity index (χ2n) is 7.33. The van der Waals surface area contributed by atoms with Gasteiger partial charge < -0.3 is 24.6 Å². The number of nitrogens with one attached hydrogen (secondary N) is 2. The molecule has 0 spiro atoms. The Kier molecular flexibility index (Phi) is 13.2. The lowest BCUT2D eigenvalue weighted by Gasteiger charge is -2.14. The van der Waals surface area contributed by atoms with Gasteiger partial charge in [-0.15, -0.1) is 24.0 Å². The third kappa shape index (κ3) is 9.47. The van der Waals surface area contributed by atoms with Crippen molar-refractivity contribution in [2.45, 2.75) is 53.5 Å². The molecule has 0 amide bonds. The van der Waals surface area contributed by atoms with Gasteiger partial charge in [0.05, 0.1) is 18.8 Å². The average molecular weight is 544 g/mol. The molecular weight excluding hydrogens is 507 g/mol. The first kappa shape index (κ1) is 27.2. The molecule has 0 unspecified atom stereocenters. The van der Waals surface area contributed by atoms with Crippen LogP contribution in [0.4, 0.5) is 0 Å². The van der Waals surface area contributed by atoms with Gasteiger partial charge in [-0.3, -0.25) is 0 Å². The normalized spacial score (nSPS) is 11.2. The minimum absolute atomic E-state index is 0. The van der Waals surface area contributed by atoms with Gasteiger partial charge in [0.25, 0.3) is 0 Å². The monoisotopic (exact) mass is 544 g/mol. The first-order valence-corrected chi connectivity index (χ1v) is 10.7. The van der Waals surface area contributed by atoms with Crippen LogP contribution in [-0.4, -0.2) is 44.5 Å². The van der Waals surface area contributed by atoms with Crippen molar-refractivity contribution >= 4 is 29.9 Å². The maximum Gasteiger partial charge on any atom is 0.191 e. The summed E-state index contributed by atoms with van der Waals surface area (Å²) in [5, 5.41) is 10.7. The van der Waals surface area contributed by atoms with Gasteiger partial charge >= 0.3 is 0 Å². The Morgan fingerprint density at radius 1 is 1.13 bits per heavy atom. The number of hydrogen-bond acceptors (Lipinski definition) is 5. The number of nitrogens with zero attached hydrogens (tertiary/aromatic N) is 2. The molecule has 2 rings (SSSR count). The lowest BCUT2D eigenvalue weighted by atomic mass is 10.1. The zero-order valence-electron chi connectivity index (χ0n) is 19.4. The number of aliphatic imine (C=N–C) groups is 1. The number of guanidine groups is 1. The van der Waals surface area contributed by atoms with Gasteiger partial charge in [-0.25, -0.2) is 4.99 Å². The van der Waals surface area contributed by atoms with Crippen LogP contribution in [0, 0.1) is 20.8 Å². The molecule has 0 aliphatic heterocycles. The Bertz CT molecular complexity index is 789. The summed E-state index contributed by atoms with van der Waals surface area (Å²) in [6.07, 6.45) is 2.78. The van der Waals surface area contributed by atoms with E-state index >= 15 is 0 Å². The molecule has 0 atom stereocenters. The quantitative estimate of drug-likeness (QED) is 0.179. The second-order valence-corrected chi connectivity index (χ2v) is 7.33. The molecule has 2 N–H and O–H groups in total. The molecule has 0 fully saturated rings. The second kappa shape index (κ2) is 15.1. The molecule has 0 bridgehead atoms. The molecule has 2 aromatic rings. The Hall–Kier alpha value is -1.81. The Morgan fingerprint density at radius 2 is 1.94 bits per heavy atom. The smallest absolute Gasteiger partial charge is 0.191 e. The van der Waals surface area contributed by atoms with Crippen molar-refractivity contribution in [3.8, 4) is 5.75 Å². The number of methoxy groups -OCH3 is 1. The zero-order valence-corrected chi connectivity index (χ0v) is 21.7. The molecule has 8 heteroatoms. The summed E-state index contributed by atoms with van der Waals surface area (Å²) in [5.41, 5.74) is 4.43. The lowest BCUT2D eigenvalue weighted by Crippen LogP contribution is -2.37. The first-order valence-electron chi connectivity index (χ1n) is 10.7. The van der Waals surface area contributed by atoms with Gasteiger partial charge in [0, 0.05) is 44.4 Å². The van der Waals surface area contributed by atoms with E-state index < -0.39 is 0 Å². The molecule has 0 aliphatic rings. The molecule has 31 heavy (non-hydrogen) atoms. The highest BCUT2D eigenvalue weighted by molar-refractivity contribution is 14.0. The predicted octanol–water partition coefficient (Wildman–Crippen LogP) is 4.32. The summed E-state index contributed by atoms with van der Waals surface area (Å²) < 4.78 is 16.3. The van der Waals surface area contributed by atoms with Gasteiger partial charge in [-0.05, 0) is 52.2 Å². The standard InChI is InChI=1S/C23H36N4O3.HI/c1-6-24-23(25-12-7-9-21-18(3)27-30-19(21)4)26-16-20-11-10-17(2)15-22(20)29-14-8-13-28-5;/h10-11,15H,6-9,12-14,16H2,1-5H3,(H2,24,25,26);1H. The third-order valence-electron chi connectivity index (χ3n) is 4.80. The van der Waals surface area contributed by atoms with E-state index in [9.17, 15) is 0 Å². The van der Waals surface area contributed by atoms with Crippen LogP contribution >= 0.6 is 24.0 Å². The Labute approximate surface area is 203 Å². The fourth-order valence-corrected chi connectivity index (χ4v) is 3.15. The molecule has 0 radical (unpaired) electrons. The number of aromatic nitrogens is 1. The van der Waals surface area contributed by atoms with E-state index in [1.807, 2.05) is 13.8 Å². The Balaban J connectivity index is 0.00000480. The zero-order chi connectivity index (χ0) is 21.8. The SMILES string of the molecule is CCNC(=NCc1ccc(C)cc1OCCCOC)NCCCc1c(C)noc1C.I. The molecular formula is C23H37IN4O3. The number of benzene rings is 1. The van der Waals surface area contributed by atoms with Crippen molar-refractivity contribution < 1.29 is 14.0 Å². The van der Waals surface area contributed by atoms with Crippen molar-refractivity contribution in [2.75, 3.05) is 33.4 Å². The molecule has 0 aliphatic carbocycles. The van der Waals surface area contributed by atoms with Crippen molar-refractivity contribution in [1.82, 2.24) is 15.8 Å². The highest BCUT2D eigenvalue weighted by atomic mass is 127. The van der Waals surface area contributed by atoms with E-state index in [4.69, 9.17) is 19.0 Å². The summed E-state index contributed by atoms with van der Waals surface area (Å²) in [6.45, 7) is 11.6. The molecule has 174 valence electrons. The number of hydrogen-bond donors (Lipinski definition) is 2. The summed E-state index contributed by atoms with van der Waals surface area (Å²) in [6, 6.07) is 6.25. The molecule has 1 aromatic carbocycles. The molecule has 7 nitrogen and oxygen atoms in total. The van der Waals surface area contributed by atoms with E-state index in [0.717, 1.165) is 61.1 Å². The van der Waals surface area contributed by atoms with E-state index in [0.29, 0.717) is 19.8 Å². The van der Waals surface area contributed by atoms with Crippen LogP contribution in [0.25, 0.3) is 0 Å². The molecule has 0 saturated heterocycles. The largest absolute Gasteiger partial charge is 0.493 e. The number of aryl methyl sites for hydroxylation is 3. The van der Waals surface area contributed by atoms with Crippen LogP contribution < -0.4 is 15.4 Å². The maximum atomic E-state index is 5.97. The maximum absolute atomic E-state index is 5.97. The topological polar surface area (TPSA) is 80.9 Å². The van der Waals surface area contributed by atoms with Crippen LogP contribution in [0.3, 0.4) is 0 Å². The number of ether oxygens (including phenoxy) is 2. The number of rotatable bonds is 12. The Morgan fingerprint density at radius 3 is 2.61 bits per heavy atom. The highest BCUT2D eigenvalue weighted by Gasteiger charge is 2.09. The van der Waals surface area contributed by atoms with Crippen LogP contribution in [0.5, 0.6) is 5.75 Å². The van der Waals surface area contributed by atoms with Gasteiger partial charge in [0.15, 0.2) is 5.96 Å². The predicted molar refractivity (Wildman–Crippen MR) is 136 cm³/mol. The van der Waals surface area contributed by atoms with Crippen LogP contribution in [0.2, 0.25) is 0 Å². The first-order chi connectivity index (χ1) is 14.5. The minimum atomic E-state index is 0.